The minimum atomic E-state index is 0.106. The molecule has 0 aliphatic rings. The standard InChI is InChI=1S/C18H19N3OS/c22-18(17-8-4-13-23-17)21(14-16-6-2-1-3-7-16)11-5-10-20-12-9-19-15-20/h1-4,6-9,12-13,15H,5,10-11,14H2. The minimum absolute atomic E-state index is 0.106. The second-order valence-corrected chi connectivity index (χ2v) is 6.29. The maximum Gasteiger partial charge on any atom is 0.264 e. The van der Waals surface area contributed by atoms with Crippen molar-refractivity contribution >= 4 is 17.2 Å². The van der Waals surface area contributed by atoms with E-state index in [0.29, 0.717) is 6.54 Å². The molecule has 3 rings (SSSR count). The van der Waals surface area contributed by atoms with Gasteiger partial charge >= 0.3 is 0 Å². The molecule has 0 radical (unpaired) electrons. The number of carbonyl (C=O) groups is 1. The molecule has 0 saturated heterocycles. The highest BCUT2D eigenvalue weighted by molar-refractivity contribution is 7.12. The first kappa shape index (κ1) is 15.5. The smallest absolute Gasteiger partial charge is 0.264 e. The fourth-order valence-corrected chi connectivity index (χ4v) is 3.17. The third-order valence-corrected chi connectivity index (χ3v) is 4.50. The van der Waals surface area contributed by atoms with Crippen LogP contribution in [0.5, 0.6) is 0 Å². The Morgan fingerprint density at radius 2 is 2.04 bits per heavy atom. The van der Waals surface area contributed by atoms with E-state index in [0.717, 1.165) is 30.0 Å². The zero-order valence-electron chi connectivity index (χ0n) is 12.8. The van der Waals surface area contributed by atoms with E-state index in [4.69, 9.17) is 0 Å². The van der Waals surface area contributed by atoms with Crippen LogP contribution in [0.25, 0.3) is 0 Å². The molecule has 0 spiro atoms. The van der Waals surface area contributed by atoms with E-state index in [1.54, 1.807) is 6.20 Å². The normalized spacial score (nSPS) is 10.6. The van der Waals surface area contributed by atoms with E-state index < -0.39 is 0 Å². The summed E-state index contributed by atoms with van der Waals surface area (Å²) in [5.74, 6) is 0.106. The van der Waals surface area contributed by atoms with Crippen molar-refractivity contribution < 1.29 is 4.79 Å². The minimum Gasteiger partial charge on any atom is -0.337 e. The Kier molecular flexibility index (Phi) is 5.21. The molecule has 23 heavy (non-hydrogen) atoms. The number of hydrogen-bond donors (Lipinski definition) is 0. The highest BCUT2D eigenvalue weighted by Crippen LogP contribution is 2.15. The van der Waals surface area contributed by atoms with Gasteiger partial charge in [0.2, 0.25) is 0 Å². The largest absolute Gasteiger partial charge is 0.337 e. The Morgan fingerprint density at radius 1 is 1.17 bits per heavy atom. The molecule has 0 aliphatic carbocycles. The van der Waals surface area contributed by atoms with E-state index in [-0.39, 0.29) is 5.91 Å². The molecule has 0 saturated carbocycles. The zero-order chi connectivity index (χ0) is 15.9. The van der Waals surface area contributed by atoms with Crippen LogP contribution in [0.4, 0.5) is 0 Å². The Balaban J connectivity index is 1.66. The van der Waals surface area contributed by atoms with Crippen molar-refractivity contribution in [1.29, 1.82) is 0 Å². The van der Waals surface area contributed by atoms with E-state index in [1.165, 1.54) is 11.3 Å². The Labute approximate surface area is 140 Å². The molecule has 1 aromatic carbocycles. The predicted octanol–water partition coefficient (Wildman–Crippen LogP) is 3.68. The molecule has 118 valence electrons. The maximum atomic E-state index is 12.7. The quantitative estimate of drug-likeness (QED) is 0.664. The highest BCUT2D eigenvalue weighted by atomic mass is 32.1. The van der Waals surface area contributed by atoms with Crippen molar-refractivity contribution in [2.75, 3.05) is 6.54 Å². The molecule has 0 fully saturated rings. The van der Waals surface area contributed by atoms with Crippen LogP contribution in [0.2, 0.25) is 0 Å². The SMILES string of the molecule is O=C(c1cccs1)N(CCCn1ccnc1)Cc1ccccc1. The molecule has 0 bridgehead atoms. The fraction of sp³-hybridized carbons (Fsp3) is 0.222. The van der Waals surface area contributed by atoms with Gasteiger partial charge in [-0.1, -0.05) is 36.4 Å². The Hall–Kier alpha value is -2.40. The maximum absolute atomic E-state index is 12.7. The van der Waals surface area contributed by atoms with Gasteiger partial charge in [-0.2, -0.15) is 0 Å². The summed E-state index contributed by atoms with van der Waals surface area (Å²) in [5.41, 5.74) is 1.15. The third kappa shape index (κ3) is 4.29. The second kappa shape index (κ2) is 7.74. The molecule has 0 N–H and O–H groups in total. The molecular weight excluding hydrogens is 306 g/mol. The van der Waals surface area contributed by atoms with Crippen molar-refractivity contribution in [3.63, 3.8) is 0 Å². The highest BCUT2D eigenvalue weighted by Gasteiger charge is 2.16. The van der Waals surface area contributed by atoms with Gasteiger partial charge in [0, 0.05) is 32.0 Å². The van der Waals surface area contributed by atoms with Gasteiger partial charge in [-0.05, 0) is 23.4 Å². The average molecular weight is 325 g/mol. The van der Waals surface area contributed by atoms with Crippen LogP contribution in [0, 0.1) is 0 Å². The number of benzene rings is 1. The van der Waals surface area contributed by atoms with Crippen molar-refractivity contribution in [2.24, 2.45) is 0 Å². The zero-order valence-corrected chi connectivity index (χ0v) is 13.7. The molecule has 1 amide bonds. The monoisotopic (exact) mass is 325 g/mol. The average Bonchev–Trinajstić information content (AvgIpc) is 3.28. The summed E-state index contributed by atoms with van der Waals surface area (Å²) in [6.07, 6.45) is 6.43. The number of thiophene rings is 1. The number of aryl methyl sites for hydroxylation is 1. The van der Waals surface area contributed by atoms with Gasteiger partial charge in [0.05, 0.1) is 11.2 Å². The first-order chi connectivity index (χ1) is 11.3. The number of rotatable bonds is 7. The first-order valence-corrected chi connectivity index (χ1v) is 8.53. The lowest BCUT2D eigenvalue weighted by molar-refractivity contribution is 0.0744. The number of imidazole rings is 1. The lowest BCUT2D eigenvalue weighted by Crippen LogP contribution is -2.31. The molecular formula is C18H19N3OS. The van der Waals surface area contributed by atoms with Gasteiger partial charge in [0.25, 0.3) is 5.91 Å². The number of aromatic nitrogens is 2. The summed E-state index contributed by atoms with van der Waals surface area (Å²) in [7, 11) is 0. The predicted molar refractivity (Wildman–Crippen MR) is 92.3 cm³/mol. The molecule has 3 aromatic rings. The number of carbonyl (C=O) groups excluding carboxylic acids is 1. The molecule has 0 unspecified atom stereocenters. The van der Waals surface area contributed by atoms with Crippen LogP contribution in [0.1, 0.15) is 21.7 Å². The van der Waals surface area contributed by atoms with Crippen LogP contribution >= 0.6 is 11.3 Å². The van der Waals surface area contributed by atoms with Gasteiger partial charge in [-0.25, -0.2) is 4.98 Å². The van der Waals surface area contributed by atoms with Crippen LogP contribution in [0.3, 0.4) is 0 Å². The van der Waals surface area contributed by atoms with E-state index >= 15 is 0 Å². The summed E-state index contributed by atoms with van der Waals surface area (Å²) in [4.78, 5) is 19.5. The Bertz CT molecular complexity index is 708. The number of nitrogens with zero attached hydrogens (tertiary/aromatic N) is 3. The van der Waals surface area contributed by atoms with Crippen molar-refractivity contribution in [3.05, 3.63) is 77.0 Å². The van der Waals surface area contributed by atoms with Crippen LogP contribution in [0.15, 0.2) is 66.6 Å². The van der Waals surface area contributed by atoms with Crippen molar-refractivity contribution in [1.82, 2.24) is 14.5 Å². The molecule has 2 heterocycles. The molecule has 0 aliphatic heterocycles. The van der Waals surface area contributed by atoms with E-state index in [1.807, 2.05) is 57.7 Å². The summed E-state index contributed by atoms with van der Waals surface area (Å²) in [6.45, 7) is 2.23. The molecule has 4 nitrogen and oxygen atoms in total. The Morgan fingerprint density at radius 3 is 2.74 bits per heavy atom. The van der Waals surface area contributed by atoms with Gasteiger partial charge in [-0.3, -0.25) is 4.79 Å². The summed E-state index contributed by atoms with van der Waals surface area (Å²) in [5, 5.41) is 1.94. The molecule has 5 heteroatoms. The van der Waals surface area contributed by atoms with E-state index in [2.05, 4.69) is 17.1 Å². The lowest BCUT2D eigenvalue weighted by Gasteiger charge is -2.22. The summed E-state index contributed by atoms with van der Waals surface area (Å²) < 4.78 is 2.04. The van der Waals surface area contributed by atoms with Gasteiger partial charge in [0.15, 0.2) is 0 Å². The topological polar surface area (TPSA) is 38.1 Å². The van der Waals surface area contributed by atoms with Crippen molar-refractivity contribution in [2.45, 2.75) is 19.5 Å². The van der Waals surface area contributed by atoms with Crippen molar-refractivity contribution in [3.8, 4) is 0 Å². The van der Waals surface area contributed by atoms with Crippen LogP contribution in [-0.2, 0) is 13.1 Å². The number of hydrogen-bond acceptors (Lipinski definition) is 3. The second-order valence-electron chi connectivity index (χ2n) is 5.34. The van der Waals surface area contributed by atoms with Crippen LogP contribution < -0.4 is 0 Å². The first-order valence-electron chi connectivity index (χ1n) is 7.65. The van der Waals surface area contributed by atoms with Gasteiger partial charge in [-0.15, -0.1) is 11.3 Å². The summed E-state index contributed by atoms with van der Waals surface area (Å²) >= 11 is 1.49. The third-order valence-electron chi connectivity index (χ3n) is 3.64. The molecule has 0 atom stereocenters. The summed E-state index contributed by atoms with van der Waals surface area (Å²) in [6, 6.07) is 13.9. The van der Waals surface area contributed by atoms with E-state index in [9.17, 15) is 4.79 Å². The van der Waals surface area contributed by atoms with Gasteiger partial charge < -0.3 is 9.47 Å². The lowest BCUT2D eigenvalue weighted by atomic mass is 10.2. The molecule has 2 aromatic heterocycles. The fourth-order valence-electron chi connectivity index (χ4n) is 2.48. The van der Waals surface area contributed by atoms with Gasteiger partial charge in [0.1, 0.15) is 0 Å². The van der Waals surface area contributed by atoms with Crippen LogP contribution in [-0.4, -0.2) is 26.9 Å². The number of amides is 1.